The fourth-order valence-electron chi connectivity index (χ4n) is 1.32. The molecule has 4 nitrogen and oxygen atoms in total. The minimum absolute atomic E-state index is 0.0272. The molecule has 0 atom stereocenters. The molecule has 74 valence electrons. The van der Waals surface area contributed by atoms with Crippen molar-refractivity contribution < 1.29 is 20.4 Å². The van der Waals surface area contributed by atoms with Gasteiger partial charge in [0, 0.05) is 26.4 Å². The third kappa shape index (κ3) is 3.49. The lowest BCUT2D eigenvalue weighted by Crippen LogP contribution is -2.29. The van der Waals surface area contributed by atoms with Gasteiger partial charge in [-0.25, -0.2) is 0 Å². The summed E-state index contributed by atoms with van der Waals surface area (Å²) >= 11 is 0. The van der Waals surface area contributed by atoms with E-state index in [1.807, 2.05) is 0 Å². The Hall–Kier alpha value is -0.160. The molecule has 0 rings (SSSR count). The van der Waals surface area contributed by atoms with Crippen LogP contribution in [0.3, 0.4) is 0 Å². The molecule has 0 aromatic carbocycles. The van der Waals surface area contributed by atoms with Gasteiger partial charge in [0.2, 0.25) is 0 Å². The molecule has 0 aliphatic carbocycles. The Labute approximate surface area is 72.5 Å². The van der Waals surface area contributed by atoms with Gasteiger partial charge in [0.25, 0.3) is 0 Å². The Morgan fingerprint density at radius 3 is 1.17 bits per heavy atom. The second-order valence-corrected chi connectivity index (χ2v) is 3.08. The van der Waals surface area contributed by atoms with Crippen molar-refractivity contribution in [1.29, 1.82) is 0 Å². The fraction of sp³-hybridized carbons (Fsp3) is 1.00. The third-order valence-electron chi connectivity index (χ3n) is 2.26. The van der Waals surface area contributed by atoms with Crippen molar-refractivity contribution in [3.63, 3.8) is 0 Å². The van der Waals surface area contributed by atoms with E-state index < -0.39 is 5.41 Å². The minimum atomic E-state index is -0.502. The van der Waals surface area contributed by atoms with E-state index in [1.165, 1.54) is 0 Å². The van der Waals surface area contributed by atoms with Crippen LogP contribution in [0.4, 0.5) is 0 Å². The van der Waals surface area contributed by atoms with Gasteiger partial charge in [-0.05, 0) is 24.7 Å². The van der Waals surface area contributed by atoms with E-state index in [2.05, 4.69) is 0 Å². The third-order valence-corrected chi connectivity index (χ3v) is 2.26. The Kier molecular flexibility index (Phi) is 6.28. The number of rotatable bonds is 7. The molecule has 0 fully saturated rings. The molecule has 0 bridgehead atoms. The van der Waals surface area contributed by atoms with Gasteiger partial charge in [0.1, 0.15) is 0 Å². The average molecular weight is 178 g/mol. The summed E-state index contributed by atoms with van der Waals surface area (Å²) in [6.45, 7) is -0.184. The lowest BCUT2D eigenvalue weighted by Gasteiger charge is -2.29. The van der Waals surface area contributed by atoms with Crippen LogP contribution in [0.25, 0.3) is 0 Å². The summed E-state index contributed by atoms with van der Waals surface area (Å²) in [6, 6.07) is 0. The molecular formula is C8H18O4. The maximum Gasteiger partial charge on any atom is 0.0489 e. The molecule has 0 aromatic heterocycles. The summed E-state index contributed by atoms with van der Waals surface area (Å²) in [5, 5.41) is 35.2. The van der Waals surface area contributed by atoms with Crippen molar-refractivity contribution >= 4 is 0 Å². The van der Waals surface area contributed by atoms with Crippen molar-refractivity contribution in [3.05, 3.63) is 0 Å². The van der Waals surface area contributed by atoms with Crippen molar-refractivity contribution in [1.82, 2.24) is 0 Å². The SMILES string of the molecule is OCCC(CO)(CCO)CCO. The monoisotopic (exact) mass is 178 g/mol. The summed E-state index contributed by atoms with van der Waals surface area (Å²) in [4.78, 5) is 0. The van der Waals surface area contributed by atoms with Crippen LogP contribution in [-0.4, -0.2) is 46.9 Å². The van der Waals surface area contributed by atoms with Crippen molar-refractivity contribution in [2.45, 2.75) is 19.3 Å². The van der Waals surface area contributed by atoms with Crippen molar-refractivity contribution in [2.24, 2.45) is 5.41 Å². The van der Waals surface area contributed by atoms with Gasteiger partial charge in [0.15, 0.2) is 0 Å². The molecule has 0 aromatic rings. The highest BCUT2D eigenvalue weighted by Gasteiger charge is 2.27. The summed E-state index contributed by atoms with van der Waals surface area (Å²) in [6.07, 6.45) is 1.26. The van der Waals surface area contributed by atoms with Crippen molar-refractivity contribution in [2.75, 3.05) is 26.4 Å². The van der Waals surface area contributed by atoms with Gasteiger partial charge in [-0.1, -0.05) is 0 Å². The van der Waals surface area contributed by atoms with E-state index in [4.69, 9.17) is 20.4 Å². The molecule has 12 heavy (non-hydrogen) atoms. The van der Waals surface area contributed by atoms with Gasteiger partial charge >= 0.3 is 0 Å². The first-order valence-corrected chi connectivity index (χ1v) is 4.18. The minimum Gasteiger partial charge on any atom is -0.396 e. The van der Waals surface area contributed by atoms with Crippen LogP contribution in [0, 0.1) is 5.41 Å². The summed E-state index contributed by atoms with van der Waals surface area (Å²) in [5.74, 6) is 0. The summed E-state index contributed by atoms with van der Waals surface area (Å²) in [7, 11) is 0. The normalized spacial score (nSPS) is 12.0. The molecule has 0 saturated carbocycles. The molecular weight excluding hydrogens is 160 g/mol. The molecule has 0 spiro atoms. The predicted molar refractivity (Wildman–Crippen MR) is 44.6 cm³/mol. The molecule has 0 aliphatic heterocycles. The van der Waals surface area contributed by atoms with Crippen LogP contribution in [-0.2, 0) is 0 Å². The predicted octanol–water partition coefficient (Wildman–Crippen LogP) is -0.888. The Morgan fingerprint density at radius 2 is 1.00 bits per heavy atom. The maximum atomic E-state index is 9.04. The van der Waals surface area contributed by atoms with Gasteiger partial charge in [-0.2, -0.15) is 0 Å². The molecule has 4 heteroatoms. The van der Waals surface area contributed by atoms with Crippen LogP contribution in [0.2, 0.25) is 0 Å². The molecule has 0 saturated heterocycles. The van der Waals surface area contributed by atoms with Crippen LogP contribution >= 0.6 is 0 Å². The average Bonchev–Trinajstić information content (AvgIpc) is 2.06. The lowest BCUT2D eigenvalue weighted by molar-refractivity contribution is 0.0410. The Morgan fingerprint density at radius 1 is 0.667 bits per heavy atom. The van der Waals surface area contributed by atoms with Crippen LogP contribution in [0.5, 0.6) is 0 Å². The van der Waals surface area contributed by atoms with E-state index in [9.17, 15) is 0 Å². The first-order valence-electron chi connectivity index (χ1n) is 4.18. The van der Waals surface area contributed by atoms with E-state index >= 15 is 0 Å². The Bertz CT molecular complexity index is 88.2. The smallest absolute Gasteiger partial charge is 0.0489 e. The molecule has 0 unspecified atom stereocenters. The van der Waals surface area contributed by atoms with Gasteiger partial charge in [-0.15, -0.1) is 0 Å². The largest absolute Gasteiger partial charge is 0.396 e. The van der Waals surface area contributed by atoms with Crippen molar-refractivity contribution in [3.8, 4) is 0 Å². The molecule has 0 amide bonds. The second-order valence-electron chi connectivity index (χ2n) is 3.08. The van der Waals surface area contributed by atoms with Crippen LogP contribution in [0.1, 0.15) is 19.3 Å². The second kappa shape index (κ2) is 6.37. The first-order chi connectivity index (χ1) is 5.74. The molecule has 4 N–H and O–H groups in total. The number of aliphatic hydroxyl groups is 4. The maximum absolute atomic E-state index is 9.04. The number of aliphatic hydroxyl groups excluding tert-OH is 4. The van der Waals surface area contributed by atoms with E-state index in [0.717, 1.165) is 0 Å². The van der Waals surface area contributed by atoms with E-state index in [0.29, 0.717) is 19.3 Å². The Balaban J connectivity index is 4.06. The zero-order valence-electron chi connectivity index (χ0n) is 7.24. The standard InChI is InChI=1S/C8H18O4/c9-4-1-8(7-12,2-5-10)3-6-11/h9-12H,1-7H2. The van der Waals surface area contributed by atoms with Gasteiger partial charge in [0.05, 0.1) is 0 Å². The highest BCUT2D eigenvalue weighted by atomic mass is 16.3. The van der Waals surface area contributed by atoms with Gasteiger partial charge < -0.3 is 20.4 Å². The number of hydrogen-bond donors (Lipinski definition) is 4. The highest BCUT2D eigenvalue weighted by molar-refractivity contribution is 4.77. The van der Waals surface area contributed by atoms with E-state index in [-0.39, 0.29) is 26.4 Å². The zero-order chi connectivity index (χ0) is 9.45. The highest BCUT2D eigenvalue weighted by Crippen LogP contribution is 2.29. The first kappa shape index (κ1) is 11.8. The number of hydrogen-bond acceptors (Lipinski definition) is 4. The quantitative estimate of drug-likeness (QED) is 0.408. The lowest BCUT2D eigenvalue weighted by atomic mass is 9.79. The van der Waals surface area contributed by atoms with Crippen LogP contribution in [0.15, 0.2) is 0 Å². The van der Waals surface area contributed by atoms with Gasteiger partial charge in [-0.3, -0.25) is 0 Å². The van der Waals surface area contributed by atoms with E-state index in [1.54, 1.807) is 0 Å². The fourth-order valence-corrected chi connectivity index (χ4v) is 1.32. The molecule has 0 aliphatic rings. The molecule has 0 heterocycles. The van der Waals surface area contributed by atoms with Crippen LogP contribution < -0.4 is 0 Å². The summed E-state index contributed by atoms with van der Waals surface area (Å²) in [5.41, 5.74) is -0.502. The summed E-state index contributed by atoms with van der Waals surface area (Å²) < 4.78 is 0. The topological polar surface area (TPSA) is 80.9 Å². The zero-order valence-corrected chi connectivity index (χ0v) is 7.24. The molecule has 0 radical (unpaired) electrons.